The summed E-state index contributed by atoms with van der Waals surface area (Å²) in [4.78, 5) is 26.4. The van der Waals surface area contributed by atoms with Crippen molar-refractivity contribution in [3.63, 3.8) is 0 Å². The van der Waals surface area contributed by atoms with Gasteiger partial charge in [-0.15, -0.1) is 79.4 Å². The van der Waals surface area contributed by atoms with Gasteiger partial charge in [-0.2, -0.15) is 0 Å². The van der Waals surface area contributed by atoms with Crippen LogP contribution in [0.5, 0.6) is 0 Å². The Morgan fingerprint density at radius 1 is 0.307 bits per heavy atom. The fourth-order valence-electron chi connectivity index (χ4n) is 10.2. The van der Waals surface area contributed by atoms with E-state index in [1.54, 1.807) is 22.7 Å². The molecule has 0 unspecified atom stereocenters. The third-order valence-electron chi connectivity index (χ3n) is 14.5. The molecular weight excluding hydrogens is 1050 g/mol. The molecule has 0 spiro atoms. The first kappa shape index (κ1) is 56.3. The van der Waals surface area contributed by atoms with Crippen molar-refractivity contribution in [2.24, 2.45) is 0 Å². The zero-order valence-corrected chi connectivity index (χ0v) is 50.6. The molecule has 0 fully saturated rings. The van der Waals surface area contributed by atoms with E-state index in [1.807, 2.05) is 56.7 Å². The van der Waals surface area contributed by atoms with E-state index in [2.05, 4.69) is 97.4 Å². The Hall–Kier alpha value is -3.42. The van der Waals surface area contributed by atoms with Crippen molar-refractivity contribution in [3.05, 3.63) is 94.9 Å². The number of aromatic nitrogens is 2. The number of thiophene rings is 7. The Bertz CT molecular complexity index is 2710. The van der Waals surface area contributed by atoms with Gasteiger partial charge in [-0.05, 0) is 84.3 Å². The third kappa shape index (κ3) is 15.9. The molecule has 1 aliphatic carbocycles. The standard InChI is InChI=1S/C64H80N2O2S7/c1-3-5-7-9-11-13-15-17-19-21-23-25-27-29-43-67-61-57-58(62(61)68-44-30-28-26-24-22-20-18-16-14-12-10-8-6-4-2)66-60-59(65-57)63(55-41-39-53(73-55)51-37-35-49(71-51)47-33-31-45-69-47)75-64(60)56-42-40-54(74-56)52-38-36-50(72-52)48-34-32-46-70-48/h31-42,45-46H,3-30,43-44H2,1-2H3. The second-order valence-electron chi connectivity index (χ2n) is 20.5. The van der Waals surface area contributed by atoms with Gasteiger partial charge in [0.05, 0.1) is 23.0 Å². The largest absolute Gasteiger partial charge is 0.487 e. The van der Waals surface area contributed by atoms with Gasteiger partial charge in [-0.1, -0.05) is 193 Å². The molecule has 0 atom stereocenters. The van der Waals surface area contributed by atoms with Gasteiger partial charge in [0.1, 0.15) is 22.4 Å². The van der Waals surface area contributed by atoms with Crippen LogP contribution in [-0.2, 0) is 9.47 Å². The molecule has 8 aromatic rings. The van der Waals surface area contributed by atoms with Crippen LogP contribution in [-0.4, -0.2) is 23.2 Å². The average molecular weight is 1130 g/mol. The Kier molecular flexibility index (Phi) is 23.0. The second-order valence-corrected chi connectivity index (χ2v) is 27.8. The lowest BCUT2D eigenvalue weighted by atomic mass is 10.0. The van der Waals surface area contributed by atoms with Crippen LogP contribution in [0.25, 0.3) is 81.1 Å². The summed E-state index contributed by atoms with van der Waals surface area (Å²) in [6, 6.07) is 27.0. The van der Waals surface area contributed by atoms with Gasteiger partial charge >= 0.3 is 0 Å². The normalized spacial score (nSPS) is 12.3. The van der Waals surface area contributed by atoms with Crippen molar-refractivity contribution in [2.75, 3.05) is 13.2 Å². The quantitative estimate of drug-likeness (QED) is 0.0362. The number of unbranched alkanes of at least 4 members (excludes halogenated alkanes) is 26. The fraction of sp³-hybridized carbons (Fsp3) is 0.500. The van der Waals surface area contributed by atoms with Crippen molar-refractivity contribution in [1.82, 2.24) is 9.97 Å². The molecule has 0 aromatic carbocycles. The molecule has 8 heterocycles. The zero-order valence-electron chi connectivity index (χ0n) is 44.9. The van der Waals surface area contributed by atoms with E-state index in [1.165, 1.54) is 225 Å². The van der Waals surface area contributed by atoms with Crippen LogP contribution >= 0.6 is 79.4 Å². The van der Waals surface area contributed by atoms with E-state index >= 15 is 0 Å². The summed E-state index contributed by atoms with van der Waals surface area (Å²) in [5, 5.41) is 4.32. The average Bonchev–Trinajstić information content (AvgIpc) is 4.28. The minimum absolute atomic E-state index is 0.678. The molecule has 8 aromatic heterocycles. The molecule has 0 radical (unpaired) electrons. The molecule has 75 heavy (non-hydrogen) atoms. The molecular formula is C64H80N2O2S7. The Labute approximate surface area is 477 Å². The molecule has 0 amide bonds. The smallest absolute Gasteiger partial charge is 0.191 e. The van der Waals surface area contributed by atoms with Crippen LogP contribution in [0.4, 0.5) is 0 Å². The van der Waals surface area contributed by atoms with Crippen LogP contribution in [0.3, 0.4) is 0 Å². The summed E-state index contributed by atoms with van der Waals surface area (Å²) in [5.74, 6) is 1.62. The van der Waals surface area contributed by atoms with Crippen molar-refractivity contribution < 1.29 is 9.47 Å². The number of rotatable bonds is 38. The van der Waals surface area contributed by atoms with Crippen LogP contribution < -0.4 is 0 Å². The lowest BCUT2D eigenvalue weighted by Gasteiger charge is -2.25. The van der Waals surface area contributed by atoms with E-state index in [0.29, 0.717) is 13.2 Å². The minimum atomic E-state index is 0.678. The lowest BCUT2D eigenvalue weighted by Crippen LogP contribution is -2.17. The SMILES string of the molecule is CCCCCCCCCCCCCCCCOC1=C(OCCCCCCCCCCCCCCCC)c2nc3c(-c4ccc(-c5ccc(-c6cccs6)s5)s4)sc(-c4ccc(-c5ccc(-c6cccs6)s5)s4)c3nc21. The number of nitrogens with zero attached hydrogens (tertiary/aromatic N) is 2. The van der Waals surface area contributed by atoms with Crippen molar-refractivity contribution in [1.29, 1.82) is 0 Å². The Morgan fingerprint density at radius 3 is 0.893 bits per heavy atom. The monoisotopic (exact) mass is 1130 g/mol. The third-order valence-corrected chi connectivity index (χ3v) is 22.9. The van der Waals surface area contributed by atoms with E-state index in [0.717, 1.165) is 46.8 Å². The lowest BCUT2D eigenvalue weighted by molar-refractivity contribution is 0.224. The molecule has 0 saturated heterocycles. The number of hydrogen-bond acceptors (Lipinski definition) is 11. The van der Waals surface area contributed by atoms with E-state index in [-0.39, 0.29) is 0 Å². The molecule has 4 nitrogen and oxygen atoms in total. The summed E-state index contributed by atoms with van der Waals surface area (Å²) < 4.78 is 13.5. The second kappa shape index (κ2) is 30.7. The van der Waals surface area contributed by atoms with Crippen LogP contribution in [0.15, 0.2) is 83.6 Å². The predicted octanol–water partition coefficient (Wildman–Crippen LogP) is 24.2. The highest BCUT2D eigenvalue weighted by Gasteiger charge is 2.36. The van der Waals surface area contributed by atoms with Crippen LogP contribution in [0.1, 0.15) is 205 Å². The highest BCUT2D eigenvalue weighted by molar-refractivity contribution is 7.31. The van der Waals surface area contributed by atoms with Gasteiger partial charge in [-0.25, -0.2) is 9.97 Å². The number of ether oxygens (including phenoxy) is 2. The number of hydrogen-bond donors (Lipinski definition) is 0. The Balaban J connectivity index is 0.886. The summed E-state index contributed by atoms with van der Waals surface area (Å²) >= 11 is 12.9. The summed E-state index contributed by atoms with van der Waals surface area (Å²) in [5.41, 5.74) is 3.64. The van der Waals surface area contributed by atoms with Gasteiger partial charge in [0.15, 0.2) is 11.5 Å². The molecule has 0 bridgehead atoms. The molecule has 1 aliphatic rings. The van der Waals surface area contributed by atoms with Crippen LogP contribution in [0.2, 0.25) is 0 Å². The predicted molar refractivity (Wildman–Crippen MR) is 337 cm³/mol. The molecule has 0 N–H and O–H groups in total. The Morgan fingerprint density at radius 2 is 0.587 bits per heavy atom. The summed E-state index contributed by atoms with van der Waals surface area (Å²) in [6.07, 6.45) is 37.6. The minimum Gasteiger partial charge on any atom is -0.487 e. The van der Waals surface area contributed by atoms with Gasteiger partial charge in [0, 0.05) is 48.8 Å². The molecule has 400 valence electrons. The molecule has 0 aliphatic heterocycles. The first-order chi connectivity index (χ1) is 37.2. The van der Waals surface area contributed by atoms with Gasteiger partial charge in [0.25, 0.3) is 0 Å². The maximum absolute atomic E-state index is 6.73. The molecule has 9 rings (SSSR count). The maximum Gasteiger partial charge on any atom is 0.191 e. The van der Waals surface area contributed by atoms with E-state index < -0.39 is 0 Å². The van der Waals surface area contributed by atoms with E-state index in [4.69, 9.17) is 19.4 Å². The highest BCUT2D eigenvalue weighted by atomic mass is 32.1. The molecule has 0 saturated carbocycles. The maximum atomic E-state index is 6.73. The van der Waals surface area contributed by atoms with Crippen LogP contribution in [0, 0.1) is 0 Å². The summed E-state index contributed by atoms with van der Waals surface area (Å²) in [6.45, 7) is 5.96. The van der Waals surface area contributed by atoms with E-state index in [9.17, 15) is 0 Å². The van der Waals surface area contributed by atoms with Gasteiger partial charge in [-0.3, -0.25) is 0 Å². The van der Waals surface area contributed by atoms with Gasteiger partial charge < -0.3 is 9.47 Å². The molecule has 11 heteroatoms. The van der Waals surface area contributed by atoms with Crippen molar-refractivity contribution in [2.45, 2.75) is 194 Å². The topological polar surface area (TPSA) is 44.2 Å². The fourth-order valence-corrected chi connectivity index (χ4v) is 17.5. The highest BCUT2D eigenvalue weighted by Crippen LogP contribution is 2.52. The zero-order chi connectivity index (χ0) is 51.3. The first-order valence-electron chi connectivity index (χ1n) is 29.0. The number of fused-ring (bicyclic) bond motifs is 2. The van der Waals surface area contributed by atoms with Gasteiger partial charge in [0.2, 0.25) is 0 Å². The first-order valence-corrected chi connectivity index (χ1v) is 34.9. The summed E-state index contributed by atoms with van der Waals surface area (Å²) in [7, 11) is 0. The van der Waals surface area contributed by atoms with Crippen molar-refractivity contribution >= 4 is 102 Å². The van der Waals surface area contributed by atoms with Crippen molar-refractivity contribution in [3.8, 4) is 58.5 Å².